The van der Waals surface area contributed by atoms with Gasteiger partial charge in [-0.2, -0.15) is 0 Å². The second-order valence-electron chi connectivity index (χ2n) is 5.71. The van der Waals surface area contributed by atoms with Gasteiger partial charge >= 0.3 is 0 Å². The highest BCUT2D eigenvalue weighted by atomic mass is 15.2. The van der Waals surface area contributed by atoms with E-state index in [9.17, 15) is 0 Å². The lowest BCUT2D eigenvalue weighted by Crippen LogP contribution is -2.11. The molecule has 0 heterocycles. The van der Waals surface area contributed by atoms with Gasteiger partial charge in [0.05, 0.1) is 11.4 Å². The normalized spacial score (nSPS) is 10.9. The molecule has 4 aromatic rings. The summed E-state index contributed by atoms with van der Waals surface area (Å²) in [6, 6.07) is 24.7. The van der Waals surface area contributed by atoms with Crippen molar-refractivity contribution >= 4 is 32.9 Å². The number of hydrazine groups is 2. The third kappa shape index (κ3) is 2.17. The van der Waals surface area contributed by atoms with E-state index in [-0.39, 0.29) is 0 Å². The van der Waals surface area contributed by atoms with Gasteiger partial charge in [-0.25, -0.2) is 0 Å². The summed E-state index contributed by atoms with van der Waals surface area (Å²) in [6.45, 7) is 0. The molecule has 0 unspecified atom stereocenters. The average Bonchev–Trinajstić information content (AvgIpc) is 2.66. The molecule has 0 aliphatic heterocycles. The summed E-state index contributed by atoms with van der Waals surface area (Å²) in [7, 11) is 0. The maximum absolute atomic E-state index is 5.81. The fraction of sp³-hybridized carbons (Fsp3) is 0. The standard InChI is InChI=1S/C20H18N4/c21-23-17-11-9-13-5-1-3-7-15(13)19(17)20-16-8-4-2-6-14(16)10-12-18(20)24-22/h1-12,23-24H,21-22H2. The first-order chi connectivity index (χ1) is 11.8. The van der Waals surface area contributed by atoms with Crippen LogP contribution in [0.4, 0.5) is 11.4 Å². The monoisotopic (exact) mass is 314 g/mol. The van der Waals surface area contributed by atoms with Crippen molar-refractivity contribution in [1.29, 1.82) is 0 Å². The quantitative estimate of drug-likeness (QED) is 0.337. The van der Waals surface area contributed by atoms with E-state index in [1.807, 2.05) is 36.4 Å². The SMILES string of the molecule is NNc1ccc2ccccc2c1-c1c(NN)ccc2ccccc12. The zero-order valence-electron chi connectivity index (χ0n) is 13.1. The molecule has 0 radical (unpaired) electrons. The molecule has 0 aliphatic carbocycles. The molecule has 4 heteroatoms. The van der Waals surface area contributed by atoms with Crippen LogP contribution < -0.4 is 22.5 Å². The Morgan fingerprint density at radius 1 is 0.500 bits per heavy atom. The smallest absolute Gasteiger partial charge is 0.0570 e. The highest BCUT2D eigenvalue weighted by Crippen LogP contribution is 2.42. The van der Waals surface area contributed by atoms with Gasteiger partial charge in [0.25, 0.3) is 0 Å². The average molecular weight is 314 g/mol. The second kappa shape index (κ2) is 5.85. The van der Waals surface area contributed by atoms with Crippen molar-refractivity contribution < 1.29 is 0 Å². The minimum absolute atomic E-state index is 0.863. The van der Waals surface area contributed by atoms with E-state index in [0.29, 0.717) is 0 Å². The van der Waals surface area contributed by atoms with Crippen LogP contribution in [0.2, 0.25) is 0 Å². The molecular formula is C20H18N4. The Labute approximate surface area is 140 Å². The Bertz CT molecular complexity index is 955. The van der Waals surface area contributed by atoms with Crippen LogP contribution in [0.25, 0.3) is 32.7 Å². The minimum atomic E-state index is 0.863. The lowest BCUT2D eigenvalue weighted by atomic mass is 9.91. The molecule has 118 valence electrons. The van der Waals surface area contributed by atoms with Crippen LogP contribution >= 0.6 is 0 Å². The molecule has 4 aromatic carbocycles. The van der Waals surface area contributed by atoms with Crippen LogP contribution in [0, 0.1) is 0 Å². The van der Waals surface area contributed by atoms with Crippen molar-refractivity contribution in [2.75, 3.05) is 10.9 Å². The van der Waals surface area contributed by atoms with E-state index in [1.54, 1.807) is 0 Å². The Hall–Kier alpha value is -3.08. The minimum Gasteiger partial charge on any atom is -0.323 e. The summed E-state index contributed by atoms with van der Waals surface area (Å²) in [5.41, 5.74) is 9.48. The van der Waals surface area contributed by atoms with Gasteiger partial charge in [0, 0.05) is 11.1 Å². The molecule has 0 bridgehead atoms. The summed E-state index contributed by atoms with van der Waals surface area (Å²) >= 11 is 0. The molecule has 0 aliphatic rings. The highest BCUT2D eigenvalue weighted by molar-refractivity contribution is 6.13. The summed E-state index contributed by atoms with van der Waals surface area (Å²) in [6.07, 6.45) is 0. The number of fused-ring (bicyclic) bond motifs is 2. The van der Waals surface area contributed by atoms with Crippen molar-refractivity contribution in [3.8, 4) is 11.1 Å². The van der Waals surface area contributed by atoms with Crippen LogP contribution in [-0.4, -0.2) is 0 Å². The Morgan fingerprint density at radius 2 is 0.917 bits per heavy atom. The zero-order chi connectivity index (χ0) is 16.5. The highest BCUT2D eigenvalue weighted by Gasteiger charge is 2.16. The van der Waals surface area contributed by atoms with Crippen LogP contribution in [0.5, 0.6) is 0 Å². The van der Waals surface area contributed by atoms with Crippen molar-refractivity contribution in [3.63, 3.8) is 0 Å². The molecule has 6 N–H and O–H groups in total. The Morgan fingerprint density at radius 3 is 1.33 bits per heavy atom. The molecule has 0 aromatic heterocycles. The molecule has 0 saturated heterocycles. The number of nitrogens with one attached hydrogen (secondary N) is 2. The van der Waals surface area contributed by atoms with Gasteiger partial charge in [-0.1, -0.05) is 60.7 Å². The first-order valence-electron chi connectivity index (χ1n) is 7.80. The number of benzene rings is 4. The molecule has 4 rings (SSSR count). The predicted octanol–water partition coefficient (Wildman–Crippen LogP) is 4.23. The summed E-state index contributed by atoms with van der Waals surface area (Å²) < 4.78 is 0. The topological polar surface area (TPSA) is 76.1 Å². The van der Waals surface area contributed by atoms with E-state index < -0.39 is 0 Å². The molecule has 24 heavy (non-hydrogen) atoms. The fourth-order valence-electron chi connectivity index (χ4n) is 3.32. The molecule has 0 fully saturated rings. The van der Waals surface area contributed by atoms with Crippen LogP contribution in [0.3, 0.4) is 0 Å². The van der Waals surface area contributed by atoms with E-state index in [1.165, 1.54) is 0 Å². The molecule has 4 nitrogen and oxygen atoms in total. The zero-order valence-corrected chi connectivity index (χ0v) is 13.1. The summed E-state index contributed by atoms with van der Waals surface area (Å²) in [4.78, 5) is 0. The third-order valence-electron chi connectivity index (χ3n) is 4.42. The van der Waals surface area contributed by atoms with E-state index in [2.05, 4.69) is 47.2 Å². The first kappa shape index (κ1) is 14.5. The van der Waals surface area contributed by atoms with E-state index in [4.69, 9.17) is 11.7 Å². The largest absolute Gasteiger partial charge is 0.323 e. The summed E-state index contributed by atoms with van der Waals surface area (Å²) in [5.74, 6) is 11.6. The van der Waals surface area contributed by atoms with Crippen molar-refractivity contribution in [2.45, 2.75) is 0 Å². The van der Waals surface area contributed by atoms with Gasteiger partial charge < -0.3 is 10.9 Å². The molecule has 0 saturated carbocycles. The number of hydrogen-bond acceptors (Lipinski definition) is 4. The number of nitrogen functional groups attached to an aromatic ring is 2. The van der Waals surface area contributed by atoms with Gasteiger partial charge in [0.1, 0.15) is 0 Å². The Balaban J connectivity index is 2.21. The van der Waals surface area contributed by atoms with Gasteiger partial charge in [-0.15, -0.1) is 0 Å². The molecule has 0 spiro atoms. The van der Waals surface area contributed by atoms with Crippen LogP contribution in [-0.2, 0) is 0 Å². The number of rotatable bonds is 3. The molecule has 0 amide bonds. The number of hydrogen-bond donors (Lipinski definition) is 4. The molecule has 0 atom stereocenters. The number of anilines is 2. The maximum atomic E-state index is 5.81. The van der Waals surface area contributed by atoms with E-state index in [0.717, 1.165) is 44.0 Å². The van der Waals surface area contributed by atoms with Crippen molar-refractivity contribution in [3.05, 3.63) is 72.8 Å². The fourth-order valence-corrected chi connectivity index (χ4v) is 3.32. The maximum Gasteiger partial charge on any atom is 0.0570 e. The van der Waals surface area contributed by atoms with Crippen LogP contribution in [0.15, 0.2) is 72.8 Å². The predicted molar refractivity (Wildman–Crippen MR) is 103 cm³/mol. The van der Waals surface area contributed by atoms with Gasteiger partial charge in [0.15, 0.2) is 0 Å². The van der Waals surface area contributed by atoms with E-state index >= 15 is 0 Å². The van der Waals surface area contributed by atoms with Crippen LogP contribution in [0.1, 0.15) is 0 Å². The lowest BCUT2D eigenvalue weighted by Gasteiger charge is -2.18. The molecular weight excluding hydrogens is 296 g/mol. The Kier molecular flexibility index (Phi) is 3.54. The second-order valence-corrected chi connectivity index (χ2v) is 5.71. The van der Waals surface area contributed by atoms with Crippen molar-refractivity contribution in [1.82, 2.24) is 0 Å². The lowest BCUT2D eigenvalue weighted by molar-refractivity contribution is 1.34. The van der Waals surface area contributed by atoms with Gasteiger partial charge in [0.2, 0.25) is 0 Å². The third-order valence-corrected chi connectivity index (χ3v) is 4.42. The summed E-state index contributed by atoms with van der Waals surface area (Å²) in [5, 5.41) is 4.56. The van der Waals surface area contributed by atoms with Crippen molar-refractivity contribution in [2.24, 2.45) is 11.7 Å². The van der Waals surface area contributed by atoms with Gasteiger partial charge in [-0.05, 0) is 33.7 Å². The van der Waals surface area contributed by atoms with Gasteiger partial charge in [-0.3, -0.25) is 11.7 Å². The first-order valence-corrected chi connectivity index (χ1v) is 7.80. The number of nitrogens with two attached hydrogens (primary N) is 2.